The number of imidazole rings is 1. The number of hydrogen-bond donors (Lipinski definition) is 6. The molecule has 25 heavy (non-hydrogen) atoms. The molecule has 2 spiro atoms. The minimum atomic E-state index is -0.655. The number of fused-ring (bicyclic) bond motifs is 2. The van der Waals surface area contributed by atoms with Crippen LogP contribution in [0.1, 0.15) is 35.9 Å². The van der Waals surface area contributed by atoms with E-state index in [2.05, 4.69) is 32.5 Å². The molecule has 0 amide bonds. The van der Waals surface area contributed by atoms with Gasteiger partial charge < -0.3 is 32.8 Å². The summed E-state index contributed by atoms with van der Waals surface area (Å²) in [6.45, 7) is 2.67. The van der Waals surface area contributed by atoms with Crippen LogP contribution in [0.3, 0.4) is 0 Å². The monoisotopic (exact) mass is 343 g/mol. The maximum Gasteiger partial charge on any atom is 0.198 e. The molecule has 4 aliphatic rings. The molecule has 1 aromatic rings. The summed E-state index contributed by atoms with van der Waals surface area (Å²) in [4.78, 5) is 29.0. The molecule has 0 radical (unpaired) electrons. The highest BCUT2D eigenvalue weighted by Gasteiger charge is 2.68. The summed E-state index contributed by atoms with van der Waals surface area (Å²) in [5.41, 5.74) is 17.9. The zero-order valence-electron chi connectivity index (χ0n) is 13.8. The van der Waals surface area contributed by atoms with Crippen molar-refractivity contribution in [2.75, 3.05) is 12.3 Å². The van der Waals surface area contributed by atoms with E-state index < -0.39 is 11.1 Å². The number of anilines is 1. The molecule has 5 rings (SSSR count). The average Bonchev–Trinajstić information content (AvgIpc) is 3.21. The van der Waals surface area contributed by atoms with Crippen molar-refractivity contribution in [2.45, 2.75) is 36.9 Å². The van der Waals surface area contributed by atoms with Gasteiger partial charge in [0.1, 0.15) is 17.3 Å². The number of rotatable bonds is 0. The third-order valence-corrected chi connectivity index (χ3v) is 6.39. The Morgan fingerprint density at radius 2 is 2.00 bits per heavy atom. The first kappa shape index (κ1) is 14.6. The molecule has 0 unspecified atom stereocenters. The Morgan fingerprint density at radius 1 is 1.20 bits per heavy atom. The summed E-state index contributed by atoms with van der Waals surface area (Å²) in [6, 6.07) is -0.273. The zero-order valence-corrected chi connectivity index (χ0v) is 13.8. The summed E-state index contributed by atoms with van der Waals surface area (Å²) in [7, 11) is 0. The Bertz CT molecular complexity index is 857. The summed E-state index contributed by atoms with van der Waals surface area (Å²) in [6.07, 6.45) is 1.20. The Kier molecular flexibility index (Phi) is 2.47. The quantitative estimate of drug-likeness (QED) is 0.328. The van der Waals surface area contributed by atoms with Crippen LogP contribution < -0.4 is 27.8 Å². The van der Waals surface area contributed by atoms with E-state index >= 15 is 0 Å². The number of hydrogen-bond acceptors (Lipinski definition) is 9. The van der Waals surface area contributed by atoms with Crippen LogP contribution in [0.4, 0.5) is 5.95 Å². The van der Waals surface area contributed by atoms with Crippen LogP contribution in [0, 0.1) is 11.8 Å². The molecule has 3 heterocycles. The molecular weight excluding hydrogens is 322 g/mol. The molecule has 0 bridgehead atoms. The van der Waals surface area contributed by atoms with Crippen LogP contribution in [0.25, 0.3) is 0 Å². The summed E-state index contributed by atoms with van der Waals surface area (Å²) in [5, 5.41) is 6.73. The molecule has 0 aromatic carbocycles. The fourth-order valence-electron chi connectivity index (χ4n) is 5.32. The predicted octanol–water partition coefficient (Wildman–Crippen LogP) is -1.63. The fraction of sp³-hybridized carbons (Fsp3) is 0.600. The van der Waals surface area contributed by atoms with Crippen molar-refractivity contribution in [3.8, 4) is 0 Å². The van der Waals surface area contributed by atoms with Crippen molar-refractivity contribution in [2.24, 2.45) is 33.3 Å². The van der Waals surface area contributed by atoms with Crippen molar-refractivity contribution < 1.29 is 4.79 Å². The van der Waals surface area contributed by atoms with Gasteiger partial charge in [0.2, 0.25) is 0 Å². The fourth-order valence-corrected chi connectivity index (χ4v) is 5.32. The number of nitrogens with zero attached hydrogens (tertiary/aromatic N) is 3. The topological polar surface area (TPSA) is 173 Å². The van der Waals surface area contributed by atoms with Gasteiger partial charge in [0, 0.05) is 6.42 Å². The van der Waals surface area contributed by atoms with Gasteiger partial charge in [-0.05, 0) is 18.3 Å². The number of Topliss-reactive ketones (excluding diaryl/α,β-unsaturated/α-hetero) is 1. The lowest BCUT2D eigenvalue weighted by atomic mass is 9.54. The highest BCUT2D eigenvalue weighted by molar-refractivity contribution is 5.99. The molecule has 1 fully saturated rings. The van der Waals surface area contributed by atoms with E-state index in [1.165, 1.54) is 0 Å². The molecule has 2 aliphatic heterocycles. The third kappa shape index (κ3) is 1.55. The maximum atomic E-state index is 12.6. The number of guanidine groups is 2. The number of aromatic nitrogens is 2. The van der Waals surface area contributed by atoms with Crippen LogP contribution >= 0.6 is 0 Å². The molecule has 1 saturated carbocycles. The summed E-state index contributed by atoms with van der Waals surface area (Å²) >= 11 is 0. The second-order valence-corrected chi connectivity index (χ2v) is 7.58. The highest BCUT2D eigenvalue weighted by Crippen LogP contribution is 2.56. The lowest BCUT2D eigenvalue weighted by molar-refractivity contribution is 0.0231. The predicted molar refractivity (Wildman–Crippen MR) is 91.8 cm³/mol. The number of carbonyl (C=O) groups excluding carboxylic acids is 1. The van der Waals surface area contributed by atoms with Gasteiger partial charge in [0.15, 0.2) is 23.7 Å². The molecule has 132 valence electrons. The van der Waals surface area contributed by atoms with Crippen LogP contribution in [0.5, 0.6) is 0 Å². The maximum absolute atomic E-state index is 12.6. The third-order valence-electron chi connectivity index (χ3n) is 6.39. The minimum absolute atomic E-state index is 0.00268. The van der Waals surface area contributed by atoms with E-state index in [-0.39, 0.29) is 29.6 Å². The molecule has 5 atom stereocenters. The number of nitrogens with two attached hydrogens (primary N) is 3. The molecule has 9 N–H and O–H groups in total. The van der Waals surface area contributed by atoms with Gasteiger partial charge in [-0.1, -0.05) is 6.92 Å². The van der Waals surface area contributed by atoms with Gasteiger partial charge in [-0.25, -0.2) is 9.98 Å². The van der Waals surface area contributed by atoms with E-state index in [1.54, 1.807) is 0 Å². The second-order valence-electron chi connectivity index (χ2n) is 7.58. The number of ketones is 1. The normalized spacial score (nSPS) is 41.3. The molecule has 10 nitrogen and oxygen atoms in total. The van der Waals surface area contributed by atoms with E-state index in [0.717, 1.165) is 6.42 Å². The van der Waals surface area contributed by atoms with E-state index in [1.807, 2.05) is 0 Å². The first-order chi connectivity index (χ1) is 11.9. The molecule has 0 saturated heterocycles. The van der Waals surface area contributed by atoms with Crippen molar-refractivity contribution in [3.05, 3.63) is 11.4 Å². The molecule has 2 aliphatic carbocycles. The smallest absolute Gasteiger partial charge is 0.198 e. The largest absolute Gasteiger partial charge is 0.370 e. The number of nitrogen functional groups attached to an aromatic ring is 1. The van der Waals surface area contributed by atoms with Gasteiger partial charge in [-0.2, -0.15) is 0 Å². The van der Waals surface area contributed by atoms with Crippen LogP contribution in [0.15, 0.2) is 9.98 Å². The van der Waals surface area contributed by atoms with Crippen molar-refractivity contribution in [1.82, 2.24) is 20.6 Å². The standard InChI is InChI=1S/C15H21N9O/c1-5-2-6-3-7(25)8-9(21-12(17)20-8)15(6)10(22-13(18)24-15)14(5)4-19-11(16)23-14/h5-6,10H,2-4H2,1H3,(H3,16,19,23)(H3,17,20,21)(H3,18,22,24)/t5-,6-,10-,14-,15-/m1/s1. The van der Waals surface area contributed by atoms with Crippen molar-refractivity contribution in [1.29, 1.82) is 0 Å². The average molecular weight is 343 g/mol. The van der Waals surface area contributed by atoms with Crippen LogP contribution in [0.2, 0.25) is 0 Å². The highest BCUT2D eigenvalue weighted by atomic mass is 16.1. The van der Waals surface area contributed by atoms with Crippen LogP contribution in [-0.2, 0) is 5.54 Å². The van der Waals surface area contributed by atoms with Gasteiger partial charge in [0.25, 0.3) is 0 Å². The lowest BCUT2D eigenvalue weighted by Crippen LogP contribution is -2.73. The van der Waals surface area contributed by atoms with Gasteiger partial charge >= 0.3 is 0 Å². The molecular formula is C15H21N9O. The lowest BCUT2D eigenvalue weighted by Gasteiger charge is -2.56. The number of aromatic amines is 1. The first-order valence-electron chi connectivity index (χ1n) is 8.45. The van der Waals surface area contributed by atoms with Gasteiger partial charge in [-0.3, -0.25) is 9.79 Å². The molecule has 10 heteroatoms. The second kappa shape index (κ2) is 4.24. The minimum Gasteiger partial charge on any atom is -0.370 e. The first-order valence-corrected chi connectivity index (χ1v) is 8.45. The van der Waals surface area contributed by atoms with Crippen molar-refractivity contribution >= 4 is 23.7 Å². The zero-order chi connectivity index (χ0) is 17.6. The Balaban J connectivity index is 1.74. The number of H-pyrrole nitrogens is 1. The SMILES string of the molecule is C[C@@H]1C[C@@H]2CC(=O)c3nc(N)[nH]c3[C@]23NC(N)=N[C@@H]3[C@@]12CN=C(N)N2. The van der Waals surface area contributed by atoms with E-state index in [0.29, 0.717) is 36.3 Å². The number of aliphatic imine (C=N–C) groups is 2. The number of nitrogens with one attached hydrogen (secondary N) is 3. The Morgan fingerprint density at radius 3 is 2.72 bits per heavy atom. The number of carbonyl (C=O) groups is 1. The Hall–Kier alpha value is -2.78. The van der Waals surface area contributed by atoms with Gasteiger partial charge in [-0.15, -0.1) is 0 Å². The van der Waals surface area contributed by atoms with E-state index in [4.69, 9.17) is 22.2 Å². The van der Waals surface area contributed by atoms with E-state index in [9.17, 15) is 4.79 Å². The Labute approximate surface area is 143 Å². The molecule has 1 aromatic heterocycles. The summed E-state index contributed by atoms with van der Waals surface area (Å²) < 4.78 is 0. The van der Waals surface area contributed by atoms with Crippen molar-refractivity contribution in [3.63, 3.8) is 0 Å². The summed E-state index contributed by atoms with van der Waals surface area (Å²) in [5.74, 6) is 1.24. The van der Waals surface area contributed by atoms with Crippen LogP contribution in [-0.4, -0.2) is 45.8 Å². The van der Waals surface area contributed by atoms with Gasteiger partial charge in [0.05, 0.1) is 17.8 Å².